The number of likely N-dealkylation sites (N-methyl/N-ethyl adjacent to an activating group) is 1. The van der Waals surface area contributed by atoms with E-state index in [2.05, 4.69) is 62.6 Å². The van der Waals surface area contributed by atoms with Crippen LogP contribution in [0.2, 0.25) is 0 Å². The van der Waals surface area contributed by atoms with E-state index in [0.717, 1.165) is 19.3 Å². The molecule has 0 heterocycles. The number of amides is 1. The molecule has 0 aromatic heterocycles. The maximum absolute atomic E-state index is 11.9. The molecule has 1 aromatic rings. The minimum Gasteiger partial charge on any atom is -0.358 e. The van der Waals surface area contributed by atoms with Crippen LogP contribution in [0.4, 0.5) is 0 Å². The van der Waals surface area contributed by atoms with E-state index in [-0.39, 0.29) is 11.9 Å². The first kappa shape index (κ1) is 17.7. The lowest BCUT2D eigenvalue weighted by molar-refractivity contribution is -0.123. The van der Waals surface area contributed by atoms with Crippen molar-refractivity contribution in [2.24, 2.45) is 5.92 Å². The minimum absolute atomic E-state index is 0.0890. The number of aryl methyl sites for hydroxylation is 2. The minimum atomic E-state index is -0.0949. The van der Waals surface area contributed by atoms with Crippen molar-refractivity contribution in [1.82, 2.24) is 10.6 Å². The fourth-order valence-electron chi connectivity index (χ4n) is 2.57. The second-order valence-corrected chi connectivity index (χ2v) is 6.39. The van der Waals surface area contributed by atoms with Crippen molar-refractivity contribution in [3.63, 3.8) is 0 Å². The molecule has 0 spiro atoms. The van der Waals surface area contributed by atoms with E-state index in [4.69, 9.17) is 0 Å². The molecule has 0 fully saturated rings. The maximum atomic E-state index is 11.9. The highest BCUT2D eigenvalue weighted by Crippen LogP contribution is 2.10. The van der Waals surface area contributed by atoms with Gasteiger partial charge in [0.25, 0.3) is 0 Å². The van der Waals surface area contributed by atoms with Crippen molar-refractivity contribution in [2.45, 2.75) is 59.0 Å². The lowest BCUT2D eigenvalue weighted by atomic mass is 10.00. The van der Waals surface area contributed by atoms with Gasteiger partial charge < -0.3 is 10.6 Å². The number of rotatable bonds is 8. The molecule has 1 amide bonds. The topological polar surface area (TPSA) is 41.1 Å². The normalized spacial score (nSPS) is 14.0. The molecule has 2 unspecified atom stereocenters. The average Bonchev–Trinajstić information content (AvgIpc) is 2.43. The van der Waals surface area contributed by atoms with E-state index in [1.807, 2.05) is 0 Å². The van der Waals surface area contributed by atoms with Gasteiger partial charge >= 0.3 is 0 Å². The van der Waals surface area contributed by atoms with Gasteiger partial charge in [0.05, 0.1) is 6.04 Å². The SMILES string of the molecule is CNC(=O)C(CC(C)C)NC(C)CCc1cccc(C)c1. The summed E-state index contributed by atoms with van der Waals surface area (Å²) < 4.78 is 0. The Morgan fingerprint density at radius 3 is 2.52 bits per heavy atom. The van der Waals surface area contributed by atoms with Crippen LogP contribution in [0, 0.1) is 12.8 Å². The number of carbonyl (C=O) groups is 1. The van der Waals surface area contributed by atoms with Crippen molar-refractivity contribution in [1.29, 1.82) is 0 Å². The molecule has 3 nitrogen and oxygen atoms in total. The Morgan fingerprint density at radius 1 is 1.24 bits per heavy atom. The van der Waals surface area contributed by atoms with E-state index < -0.39 is 0 Å². The molecule has 0 aliphatic carbocycles. The van der Waals surface area contributed by atoms with E-state index in [1.165, 1.54) is 11.1 Å². The standard InChI is InChI=1S/C18H30N2O/c1-13(2)11-17(18(21)19-5)20-15(4)9-10-16-8-6-7-14(3)12-16/h6-8,12-13,15,17,20H,9-11H2,1-5H3,(H,19,21). The fraction of sp³-hybridized carbons (Fsp3) is 0.611. The number of carbonyl (C=O) groups excluding carboxylic acids is 1. The van der Waals surface area contributed by atoms with Crippen LogP contribution in [0.1, 0.15) is 44.7 Å². The van der Waals surface area contributed by atoms with Crippen LogP contribution in [-0.4, -0.2) is 25.0 Å². The molecule has 0 bridgehead atoms. The summed E-state index contributed by atoms with van der Waals surface area (Å²) >= 11 is 0. The smallest absolute Gasteiger partial charge is 0.236 e. The van der Waals surface area contributed by atoms with Crippen molar-refractivity contribution >= 4 is 5.91 Å². The predicted octanol–water partition coefficient (Wildman–Crippen LogP) is 3.07. The summed E-state index contributed by atoms with van der Waals surface area (Å²) in [7, 11) is 1.70. The zero-order chi connectivity index (χ0) is 15.8. The Labute approximate surface area is 129 Å². The summed E-state index contributed by atoms with van der Waals surface area (Å²) in [5.74, 6) is 0.592. The Bertz CT molecular complexity index is 443. The van der Waals surface area contributed by atoms with Crippen molar-refractivity contribution in [2.75, 3.05) is 7.05 Å². The summed E-state index contributed by atoms with van der Waals surface area (Å²) in [5, 5.41) is 6.23. The Morgan fingerprint density at radius 2 is 1.95 bits per heavy atom. The van der Waals surface area contributed by atoms with E-state index >= 15 is 0 Å². The van der Waals surface area contributed by atoms with E-state index in [1.54, 1.807) is 7.05 Å². The van der Waals surface area contributed by atoms with Crippen LogP contribution >= 0.6 is 0 Å². The molecule has 21 heavy (non-hydrogen) atoms. The quantitative estimate of drug-likeness (QED) is 0.772. The Balaban J connectivity index is 2.49. The third kappa shape index (κ3) is 6.76. The molecule has 0 aliphatic heterocycles. The zero-order valence-corrected chi connectivity index (χ0v) is 14.1. The molecule has 0 saturated heterocycles. The van der Waals surface area contributed by atoms with Gasteiger partial charge in [-0.2, -0.15) is 0 Å². The molecule has 0 aliphatic rings. The van der Waals surface area contributed by atoms with Crippen molar-refractivity contribution in [3.8, 4) is 0 Å². The fourth-order valence-corrected chi connectivity index (χ4v) is 2.57. The van der Waals surface area contributed by atoms with Crippen LogP contribution in [0.3, 0.4) is 0 Å². The highest BCUT2D eigenvalue weighted by molar-refractivity contribution is 5.81. The average molecular weight is 290 g/mol. The second-order valence-electron chi connectivity index (χ2n) is 6.39. The van der Waals surface area contributed by atoms with E-state index in [9.17, 15) is 4.79 Å². The molecular formula is C18H30N2O. The van der Waals surface area contributed by atoms with Crippen LogP contribution in [0.25, 0.3) is 0 Å². The molecule has 1 rings (SSSR count). The molecule has 2 atom stereocenters. The van der Waals surface area contributed by atoms with Gasteiger partial charge in [-0.1, -0.05) is 43.7 Å². The highest BCUT2D eigenvalue weighted by atomic mass is 16.2. The lowest BCUT2D eigenvalue weighted by Crippen LogP contribution is -2.47. The van der Waals surface area contributed by atoms with Gasteiger partial charge in [-0.25, -0.2) is 0 Å². The van der Waals surface area contributed by atoms with Gasteiger partial charge in [-0.3, -0.25) is 4.79 Å². The van der Waals surface area contributed by atoms with Crippen LogP contribution in [0.15, 0.2) is 24.3 Å². The molecule has 0 saturated carbocycles. The first-order chi connectivity index (χ1) is 9.92. The third-order valence-corrected chi connectivity index (χ3v) is 3.70. The van der Waals surface area contributed by atoms with Gasteiger partial charge in [0.15, 0.2) is 0 Å². The second kappa shape index (κ2) is 8.83. The first-order valence-corrected chi connectivity index (χ1v) is 7.95. The summed E-state index contributed by atoms with van der Waals surface area (Å²) in [5.41, 5.74) is 2.67. The third-order valence-electron chi connectivity index (χ3n) is 3.70. The number of hydrogen-bond acceptors (Lipinski definition) is 2. The Hall–Kier alpha value is -1.35. The molecule has 118 valence electrons. The van der Waals surface area contributed by atoms with Crippen molar-refractivity contribution < 1.29 is 4.79 Å². The molecule has 1 aromatic carbocycles. The van der Waals surface area contributed by atoms with Crippen LogP contribution in [0.5, 0.6) is 0 Å². The molecular weight excluding hydrogens is 260 g/mol. The predicted molar refractivity (Wildman–Crippen MR) is 89.4 cm³/mol. The van der Waals surface area contributed by atoms with Gasteiger partial charge in [0.2, 0.25) is 5.91 Å². The maximum Gasteiger partial charge on any atom is 0.236 e. The molecule has 0 radical (unpaired) electrons. The van der Waals surface area contributed by atoms with Crippen molar-refractivity contribution in [3.05, 3.63) is 35.4 Å². The summed E-state index contributed by atoms with van der Waals surface area (Å²) in [6.07, 6.45) is 2.95. The zero-order valence-electron chi connectivity index (χ0n) is 14.1. The summed E-state index contributed by atoms with van der Waals surface area (Å²) in [6.45, 7) is 8.57. The summed E-state index contributed by atoms with van der Waals surface area (Å²) in [6, 6.07) is 8.86. The molecule has 3 heteroatoms. The Kier molecular flexibility index (Phi) is 7.44. The number of nitrogens with one attached hydrogen (secondary N) is 2. The number of benzene rings is 1. The van der Waals surface area contributed by atoms with Gasteiger partial charge in [-0.05, 0) is 44.6 Å². The van der Waals surface area contributed by atoms with Crippen LogP contribution in [-0.2, 0) is 11.2 Å². The molecule has 2 N–H and O–H groups in total. The first-order valence-electron chi connectivity index (χ1n) is 7.95. The highest BCUT2D eigenvalue weighted by Gasteiger charge is 2.20. The van der Waals surface area contributed by atoms with Crippen LogP contribution < -0.4 is 10.6 Å². The number of hydrogen-bond donors (Lipinski definition) is 2. The van der Waals surface area contributed by atoms with Gasteiger partial charge in [0.1, 0.15) is 0 Å². The van der Waals surface area contributed by atoms with Gasteiger partial charge in [0, 0.05) is 13.1 Å². The monoisotopic (exact) mass is 290 g/mol. The van der Waals surface area contributed by atoms with Gasteiger partial charge in [-0.15, -0.1) is 0 Å². The van der Waals surface area contributed by atoms with E-state index in [0.29, 0.717) is 12.0 Å². The lowest BCUT2D eigenvalue weighted by Gasteiger charge is -2.23. The summed E-state index contributed by atoms with van der Waals surface area (Å²) in [4.78, 5) is 11.9. The largest absolute Gasteiger partial charge is 0.358 e.